The monoisotopic (exact) mass is 232 g/mol. The summed E-state index contributed by atoms with van der Waals surface area (Å²) >= 11 is 1.70. The number of aryl methyl sites for hydroxylation is 1. The third kappa shape index (κ3) is 4.30. The van der Waals surface area contributed by atoms with Crippen LogP contribution in [0.15, 0.2) is 6.20 Å². The molecule has 0 aliphatic carbocycles. The fourth-order valence-corrected chi connectivity index (χ4v) is 2.45. The van der Waals surface area contributed by atoms with Crippen LogP contribution < -0.4 is 5.32 Å². The fraction of sp³-hybridized carbons (Fsp3) is 0.667. The fourth-order valence-electron chi connectivity index (χ4n) is 1.03. The van der Waals surface area contributed by atoms with Crippen molar-refractivity contribution in [3.8, 4) is 0 Å². The van der Waals surface area contributed by atoms with Crippen molar-refractivity contribution in [3.63, 3.8) is 0 Å². The van der Waals surface area contributed by atoms with E-state index in [1.165, 1.54) is 4.88 Å². The molecule has 3 nitrogen and oxygen atoms in total. The van der Waals surface area contributed by atoms with Crippen LogP contribution in [0.1, 0.15) is 16.8 Å². The summed E-state index contributed by atoms with van der Waals surface area (Å²) in [5.74, 6) is 1.50. The number of nitrogens with zero attached hydrogens (tertiary/aromatic N) is 1. The normalized spacial score (nSPS) is 13.0. The number of nitrogens with one attached hydrogen (secondary N) is 1. The van der Waals surface area contributed by atoms with Crippen LogP contribution in [0.25, 0.3) is 0 Å². The Hall–Kier alpha value is -0.260. The van der Waals surface area contributed by atoms with Crippen molar-refractivity contribution < 1.29 is 4.21 Å². The predicted molar refractivity (Wildman–Crippen MR) is 62.1 cm³/mol. The Bertz CT molecular complexity index is 299. The second-order valence-corrected chi connectivity index (χ2v) is 6.14. The van der Waals surface area contributed by atoms with Crippen molar-refractivity contribution in [1.82, 2.24) is 10.3 Å². The Labute approximate surface area is 91.4 Å². The summed E-state index contributed by atoms with van der Waals surface area (Å²) in [7, 11) is -0.654. The van der Waals surface area contributed by atoms with Gasteiger partial charge < -0.3 is 5.32 Å². The Balaban J connectivity index is 2.13. The first kappa shape index (κ1) is 11.8. The summed E-state index contributed by atoms with van der Waals surface area (Å²) in [5, 5.41) is 4.35. The lowest BCUT2D eigenvalue weighted by Crippen LogP contribution is -2.20. The van der Waals surface area contributed by atoms with Gasteiger partial charge in [0.25, 0.3) is 0 Å². The first-order valence-electron chi connectivity index (χ1n) is 4.69. The Morgan fingerprint density at radius 2 is 2.43 bits per heavy atom. The highest BCUT2D eigenvalue weighted by molar-refractivity contribution is 7.84. The van der Waals surface area contributed by atoms with Gasteiger partial charge in [0.05, 0.1) is 5.01 Å². The first-order valence-corrected chi connectivity index (χ1v) is 7.00. The average Bonchev–Trinajstić information content (AvgIpc) is 2.58. The minimum absolute atomic E-state index is 0.654. The average molecular weight is 232 g/mol. The summed E-state index contributed by atoms with van der Waals surface area (Å²) in [6.07, 6.45) is 1.89. The standard InChI is InChI=1S/C9H16N2OS2/c1-3-14(12)5-4-10-6-9-7-11-8(2)13-9/h7,10H,3-6H2,1-2H3. The Kier molecular flexibility index (Phi) is 5.29. The van der Waals surface area contributed by atoms with Gasteiger partial charge in [0.1, 0.15) is 0 Å². The highest BCUT2D eigenvalue weighted by atomic mass is 32.2. The van der Waals surface area contributed by atoms with Crippen molar-refractivity contribution in [2.24, 2.45) is 0 Å². The minimum atomic E-state index is -0.654. The molecule has 0 fully saturated rings. The minimum Gasteiger partial charge on any atom is -0.311 e. The molecule has 0 aliphatic heterocycles. The van der Waals surface area contributed by atoms with E-state index in [1.54, 1.807) is 11.3 Å². The zero-order chi connectivity index (χ0) is 10.4. The van der Waals surface area contributed by atoms with Crippen LogP contribution in [0.3, 0.4) is 0 Å². The van der Waals surface area contributed by atoms with E-state index >= 15 is 0 Å². The second kappa shape index (κ2) is 6.27. The highest BCUT2D eigenvalue weighted by Gasteiger charge is 1.98. The maximum atomic E-state index is 11.1. The van der Waals surface area contributed by atoms with E-state index in [0.29, 0.717) is 0 Å². The smallest absolute Gasteiger partial charge is 0.0897 e. The van der Waals surface area contributed by atoms with E-state index in [9.17, 15) is 4.21 Å². The van der Waals surface area contributed by atoms with Gasteiger partial charge in [0.2, 0.25) is 0 Å². The third-order valence-corrected chi connectivity index (χ3v) is 4.01. The summed E-state index contributed by atoms with van der Waals surface area (Å²) in [4.78, 5) is 5.41. The van der Waals surface area contributed by atoms with Crippen molar-refractivity contribution in [1.29, 1.82) is 0 Å². The molecule has 80 valence electrons. The second-order valence-electron chi connectivity index (χ2n) is 2.95. The molecule has 1 rings (SSSR count). The van der Waals surface area contributed by atoms with Gasteiger partial charge in [-0.15, -0.1) is 11.3 Å². The molecular weight excluding hydrogens is 216 g/mol. The molecule has 0 amide bonds. The van der Waals surface area contributed by atoms with Crippen molar-refractivity contribution in [3.05, 3.63) is 16.1 Å². The van der Waals surface area contributed by atoms with Gasteiger partial charge >= 0.3 is 0 Å². The third-order valence-electron chi connectivity index (χ3n) is 1.80. The summed E-state index contributed by atoms with van der Waals surface area (Å²) in [5.41, 5.74) is 0. The number of aromatic nitrogens is 1. The molecule has 1 N–H and O–H groups in total. The molecule has 1 atom stereocenters. The van der Waals surface area contributed by atoms with E-state index < -0.39 is 10.8 Å². The molecule has 1 aromatic heterocycles. The van der Waals surface area contributed by atoms with Crippen LogP contribution in [0, 0.1) is 6.92 Å². The Morgan fingerprint density at radius 3 is 3.00 bits per heavy atom. The number of hydrogen-bond donors (Lipinski definition) is 1. The first-order chi connectivity index (χ1) is 6.72. The lowest BCUT2D eigenvalue weighted by molar-refractivity contribution is 0.675. The van der Waals surface area contributed by atoms with Gasteiger partial charge in [-0.05, 0) is 6.92 Å². The van der Waals surface area contributed by atoms with Gasteiger partial charge in [-0.3, -0.25) is 4.21 Å². The zero-order valence-corrected chi connectivity index (χ0v) is 10.2. The molecule has 0 saturated carbocycles. The molecule has 0 aromatic carbocycles. The molecule has 1 aromatic rings. The molecule has 14 heavy (non-hydrogen) atoms. The SMILES string of the molecule is CCS(=O)CCNCc1cnc(C)s1. The van der Waals surface area contributed by atoms with Gasteiger partial charge in [0.15, 0.2) is 0 Å². The number of hydrogen-bond acceptors (Lipinski definition) is 4. The molecule has 0 aliphatic rings. The van der Waals surface area contributed by atoms with E-state index in [-0.39, 0.29) is 0 Å². The van der Waals surface area contributed by atoms with Crippen LogP contribution in [-0.4, -0.2) is 27.2 Å². The van der Waals surface area contributed by atoms with Gasteiger partial charge in [-0.2, -0.15) is 0 Å². The largest absolute Gasteiger partial charge is 0.311 e. The molecule has 0 spiro atoms. The van der Waals surface area contributed by atoms with E-state index in [1.807, 2.05) is 20.0 Å². The van der Waals surface area contributed by atoms with Crippen LogP contribution in [0.5, 0.6) is 0 Å². The van der Waals surface area contributed by atoms with Crippen molar-refractivity contribution in [2.75, 3.05) is 18.1 Å². The van der Waals surface area contributed by atoms with Crippen LogP contribution in [0.2, 0.25) is 0 Å². The lowest BCUT2D eigenvalue weighted by Gasteiger charge is -2.01. The molecule has 5 heteroatoms. The van der Waals surface area contributed by atoms with Gasteiger partial charge in [-0.25, -0.2) is 4.98 Å². The van der Waals surface area contributed by atoms with Crippen LogP contribution >= 0.6 is 11.3 Å². The van der Waals surface area contributed by atoms with Gasteiger partial charge in [0, 0.05) is 46.5 Å². The quantitative estimate of drug-likeness (QED) is 0.752. The van der Waals surface area contributed by atoms with Crippen LogP contribution in [-0.2, 0) is 17.3 Å². The summed E-state index contributed by atoms with van der Waals surface area (Å²) in [6.45, 7) is 5.60. The lowest BCUT2D eigenvalue weighted by atomic mass is 10.5. The van der Waals surface area contributed by atoms with E-state index in [4.69, 9.17) is 0 Å². The molecule has 0 radical (unpaired) electrons. The van der Waals surface area contributed by atoms with Crippen molar-refractivity contribution >= 4 is 22.1 Å². The van der Waals surface area contributed by atoms with Crippen LogP contribution in [0.4, 0.5) is 0 Å². The molecule has 1 heterocycles. The maximum absolute atomic E-state index is 11.1. The molecular formula is C9H16N2OS2. The molecule has 0 saturated heterocycles. The van der Waals surface area contributed by atoms with E-state index in [0.717, 1.165) is 29.6 Å². The molecule has 0 bridgehead atoms. The summed E-state index contributed by atoms with van der Waals surface area (Å²) < 4.78 is 11.1. The van der Waals surface area contributed by atoms with Crippen molar-refractivity contribution in [2.45, 2.75) is 20.4 Å². The Morgan fingerprint density at radius 1 is 1.64 bits per heavy atom. The molecule has 1 unspecified atom stereocenters. The maximum Gasteiger partial charge on any atom is 0.0897 e. The van der Waals surface area contributed by atoms with E-state index in [2.05, 4.69) is 10.3 Å². The number of thiazole rings is 1. The highest BCUT2D eigenvalue weighted by Crippen LogP contribution is 2.10. The zero-order valence-electron chi connectivity index (χ0n) is 8.58. The number of rotatable bonds is 6. The van der Waals surface area contributed by atoms with Gasteiger partial charge in [-0.1, -0.05) is 6.92 Å². The topological polar surface area (TPSA) is 42.0 Å². The predicted octanol–water partition coefficient (Wildman–Crippen LogP) is 1.31. The summed E-state index contributed by atoms with van der Waals surface area (Å²) in [6, 6.07) is 0.